The Hall–Kier alpha value is -2.44. The Bertz CT molecular complexity index is 714. The molecule has 1 aromatic heterocycles. The Kier molecular flexibility index (Phi) is 5.31. The van der Waals surface area contributed by atoms with E-state index in [0.717, 1.165) is 0 Å². The molecule has 0 saturated heterocycles. The second-order valence-electron chi connectivity index (χ2n) is 5.59. The molecule has 1 heterocycles. The number of para-hydroxylation sites is 1. The van der Waals surface area contributed by atoms with Crippen molar-refractivity contribution in [1.82, 2.24) is 15.3 Å². The molecule has 1 amide bonds. The molecule has 2 rings (SSSR count). The molecule has 6 nitrogen and oxygen atoms in total. The van der Waals surface area contributed by atoms with Crippen LogP contribution in [0.4, 0.5) is 4.39 Å². The van der Waals surface area contributed by atoms with Gasteiger partial charge in [0.1, 0.15) is 17.4 Å². The van der Waals surface area contributed by atoms with E-state index in [1.54, 1.807) is 19.1 Å². The fourth-order valence-corrected chi connectivity index (χ4v) is 2.33. The molecular formula is C16H20FN3O3. The normalized spacial score (nSPS) is 13.7. The predicted octanol–water partition coefficient (Wildman–Crippen LogP) is 2.25. The van der Waals surface area contributed by atoms with Crippen LogP contribution < -0.4 is 5.32 Å². The van der Waals surface area contributed by atoms with Crippen LogP contribution in [0.3, 0.4) is 0 Å². The van der Waals surface area contributed by atoms with Crippen LogP contribution in [0.5, 0.6) is 0 Å². The molecule has 0 saturated carbocycles. The van der Waals surface area contributed by atoms with Crippen LogP contribution in [-0.2, 0) is 16.0 Å². The van der Waals surface area contributed by atoms with Gasteiger partial charge in [-0.3, -0.25) is 4.79 Å². The quantitative estimate of drug-likeness (QED) is 0.729. The van der Waals surface area contributed by atoms with Crippen LogP contribution in [0.1, 0.15) is 32.5 Å². The van der Waals surface area contributed by atoms with Gasteiger partial charge in [-0.05, 0) is 18.1 Å². The van der Waals surface area contributed by atoms with Gasteiger partial charge in [0.05, 0.1) is 5.52 Å². The van der Waals surface area contributed by atoms with E-state index < -0.39 is 17.8 Å². The van der Waals surface area contributed by atoms with E-state index >= 15 is 0 Å². The number of hydrogen-bond donors (Lipinski definition) is 3. The van der Waals surface area contributed by atoms with E-state index in [9.17, 15) is 14.0 Å². The average molecular weight is 321 g/mol. The molecule has 23 heavy (non-hydrogen) atoms. The second kappa shape index (κ2) is 7.21. The molecule has 7 heteroatoms. The van der Waals surface area contributed by atoms with Crippen molar-refractivity contribution in [3.63, 3.8) is 0 Å². The van der Waals surface area contributed by atoms with Crippen molar-refractivity contribution < 1.29 is 19.1 Å². The molecule has 0 aliphatic rings. The molecule has 3 N–H and O–H groups in total. The van der Waals surface area contributed by atoms with E-state index in [-0.39, 0.29) is 30.2 Å². The first-order chi connectivity index (χ1) is 10.9. The number of aryl methyl sites for hydroxylation is 1. The number of aromatic nitrogens is 2. The van der Waals surface area contributed by atoms with E-state index in [0.29, 0.717) is 17.8 Å². The summed E-state index contributed by atoms with van der Waals surface area (Å²) in [4.78, 5) is 30.2. The Balaban J connectivity index is 1.97. The standard InChI is InChI=1S/C16H20FN3O3/c1-3-9(2)14(16(22)23)20-13(21)8-7-12-18-11-6-4-5-10(17)15(11)19-12/h4-6,9,14H,3,7-8H2,1-2H3,(H,18,19)(H,20,21)(H,22,23)/t9-,14-/m0/s1. The molecule has 0 radical (unpaired) electrons. The van der Waals surface area contributed by atoms with Crippen LogP contribution in [0, 0.1) is 11.7 Å². The number of fused-ring (bicyclic) bond motifs is 1. The van der Waals surface area contributed by atoms with Crippen molar-refractivity contribution in [2.24, 2.45) is 5.92 Å². The molecule has 0 spiro atoms. The summed E-state index contributed by atoms with van der Waals surface area (Å²) in [5.74, 6) is -1.48. The summed E-state index contributed by atoms with van der Waals surface area (Å²) in [5, 5.41) is 11.7. The van der Waals surface area contributed by atoms with Gasteiger partial charge in [0.15, 0.2) is 5.82 Å². The van der Waals surface area contributed by atoms with Crippen LogP contribution in [-0.4, -0.2) is 33.0 Å². The minimum atomic E-state index is -1.04. The number of aliphatic carboxylic acids is 1. The topological polar surface area (TPSA) is 95.1 Å². The number of rotatable bonds is 7. The molecule has 2 atom stereocenters. The highest BCUT2D eigenvalue weighted by Crippen LogP contribution is 2.15. The number of H-pyrrole nitrogens is 1. The summed E-state index contributed by atoms with van der Waals surface area (Å²) in [6.45, 7) is 3.65. The number of imidazole rings is 1. The van der Waals surface area contributed by atoms with Crippen LogP contribution in [0.2, 0.25) is 0 Å². The Morgan fingerprint density at radius 1 is 1.43 bits per heavy atom. The zero-order chi connectivity index (χ0) is 17.0. The number of benzene rings is 1. The number of nitrogens with zero attached hydrogens (tertiary/aromatic N) is 1. The first kappa shape index (κ1) is 16.9. The van der Waals surface area contributed by atoms with E-state index in [4.69, 9.17) is 5.11 Å². The van der Waals surface area contributed by atoms with Crippen molar-refractivity contribution in [3.8, 4) is 0 Å². The molecule has 0 unspecified atom stereocenters. The number of carbonyl (C=O) groups excluding carboxylic acids is 1. The zero-order valence-corrected chi connectivity index (χ0v) is 13.1. The number of nitrogens with one attached hydrogen (secondary N) is 2. The minimum Gasteiger partial charge on any atom is -0.480 e. The highest BCUT2D eigenvalue weighted by Gasteiger charge is 2.25. The van der Waals surface area contributed by atoms with Gasteiger partial charge in [-0.2, -0.15) is 0 Å². The number of carbonyl (C=O) groups is 2. The maximum atomic E-state index is 13.6. The van der Waals surface area contributed by atoms with Crippen molar-refractivity contribution in [3.05, 3.63) is 29.8 Å². The SMILES string of the molecule is CC[C@H](C)[C@H](NC(=O)CCc1nc2c(F)cccc2[nH]1)C(=O)O. The van der Waals surface area contributed by atoms with E-state index in [1.807, 2.05) is 6.92 Å². The van der Waals surface area contributed by atoms with Gasteiger partial charge in [-0.1, -0.05) is 26.3 Å². The average Bonchev–Trinajstić information content (AvgIpc) is 2.94. The highest BCUT2D eigenvalue weighted by molar-refractivity contribution is 5.84. The van der Waals surface area contributed by atoms with Gasteiger partial charge < -0.3 is 15.4 Å². The smallest absolute Gasteiger partial charge is 0.326 e. The maximum absolute atomic E-state index is 13.6. The zero-order valence-electron chi connectivity index (χ0n) is 13.1. The van der Waals surface area contributed by atoms with Gasteiger partial charge in [-0.15, -0.1) is 0 Å². The Labute approximate surface area is 133 Å². The third-order valence-electron chi connectivity index (χ3n) is 3.90. The fourth-order valence-electron chi connectivity index (χ4n) is 2.33. The number of amides is 1. The number of carboxylic acid groups (broad SMARTS) is 1. The van der Waals surface area contributed by atoms with Crippen LogP contribution in [0.25, 0.3) is 11.0 Å². The van der Waals surface area contributed by atoms with E-state index in [2.05, 4.69) is 15.3 Å². The molecule has 124 valence electrons. The molecule has 0 aliphatic carbocycles. The molecular weight excluding hydrogens is 301 g/mol. The maximum Gasteiger partial charge on any atom is 0.326 e. The molecule has 1 aromatic carbocycles. The van der Waals surface area contributed by atoms with Gasteiger partial charge in [0.2, 0.25) is 5.91 Å². The minimum absolute atomic E-state index is 0.0850. The lowest BCUT2D eigenvalue weighted by atomic mass is 9.99. The third kappa shape index (κ3) is 4.06. The van der Waals surface area contributed by atoms with Crippen LogP contribution >= 0.6 is 0 Å². The van der Waals surface area contributed by atoms with E-state index in [1.165, 1.54) is 6.07 Å². The molecule has 0 aliphatic heterocycles. The van der Waals surface area contributed by atoms with Crippen molar-refractivity contribution in [2.75, 3.05) is 0 Å². The van der Waals surface area contributed by atoms with Crippen LogP contribution in [0.15, 0.2) is 18.2 Å². The lowest BCUT2D eigenvalue weighted by molar-refractivity contribution is -0.143. The van der Waals surface area contributed by atoms with Gasteiger partial charge in [-0.25, -0.2) is 14.2 Å². The fraction of sp³-hybridized carbons (Fsp3) is 0.438. The van der Waals surface area contributed by atoms with Gasteiger partial charge in [0, 0.05) is 12.8 Å². The van der Waals surface area contributed by atoms with Gasteiger partial charge >= 0.3 is 5.97 Å². The van der Waals surface area contributed by atoms with Gasteiger partial charge in [0.25, 0.3) is 0 Å². The van der Waals surface area contributed by atoms with Crippen molar-refractivity contribution in [1.29, 1.82) is 0 Å². The number of halogens is 1. The highest BCUT2D eigenvalue weighted by atomic mass is 19.1. The summed E-state index contributed by atoms with van der Waals surface area (Å²) < 4.78 is 13.6. The largest absolute Gasteiger partial charge is 0.480 e. The summed E-state index contributed by atoms with van der Waals surface area (Å²) >= 11 is 0. The molecule has 0 bridgehead atoms. The summed E-state index contributed by atoms with van der Waals surface area (Å²) in [6.07, 6.45) is 1.02. The Morgan fingerprint density at radius 3 is 2.78 bits per heavy atom. The predicted molar refractivity (Wildman–Crippen MR) is 83.4 cm³/mol. The Morgan fingerprint density at radius 2 is 2.17 bits per heavy atom. The summed E-state index contributed by atoms with van der Waals surface area (Å²) in [5.41, 5.74) is 0.814. The number of carboxylic acids is 1. The third-order valence-corrected chi connectivity index (χ3v) is 3.90. The molecule has 2 aromatic rings. The summed E-state index contributed by atoms with van der Waals surface area (Å²) in [6, 6.07) is 3.71. The molecule has 0 fully saturated rings. The van der Waals surface area contributed by atoms with Crippen molar-refractivity contribution >= 4 is 22.9 Å². The second-order valence-corrected chi connectivity index (χ2v) is 5.59. The first-order valence-electron chi connectivity index (χ1n) is 7.57. The first-order valence-corrected chi connectivity index (χ1v) is 7.57. The lowest BCUT2D eigenvalue weighted by Gasteiger charge is -2.19. The van der Waals surface area contributed by atoms with Crippen molar-refractivity contribution in [2.45, 2.75) is 39.2 Å². The number of aromatic amines is 1. The monoisotopic (exact) mass is 321 g/mol. The lowest BCUT2D eigenvalue weighted by Crippen LogP contribution is -2.45. The summed E-state index contributed by atoms with van der Waals surface area (Å²) in [7, 11) is 0. The number of hydrogen-bond acceptors (Lipinski definition) is 3.